The van der Waals surface area contributed by atoms with Crippen LogP contribution in [0.4, 0.5) is 0 Å². The fourth-order valence-electron chi connectivity index (χ4n) is 2.55. The van der Waals surface area contributed by atoms with Crippen LogP contribution in [0.5, 0.6) is 0 Å². The average molecular weight is 294 g/mol. The average Bonchev–Trinajstić information content (AvgIpc) is 2.89. The van der Waals surface area contributed by atoms with Crippen molar-refractivity contribution < 1.29 is 0 Å². The Hall–Kier alpha value is -0.870. The first-order valence-electron chi connectivity index (χ1n) is 6.10. The van der Waals surface area contributed by atoms with E-state index in [1.807, 2.05) is 0 Å². The van der Waals surface area contributed by atoms with Gasteiger partial charge >= 0.3 is 0 Å². The first-order valence-corrected chi connectivity index (χ1v) is 6.90. The van der Waals surface area contributed by atoms with E-state index in [-0.39, 0.29) is 0 Å². The highest BCUT2D eigenvalue weighted by atomic mass is 79.9. The van der Waals surface area contributed by atoms with Gasteiger partial charge in [0, 0.05) is 28.8 Å². The van der Waals surface area contributed by atoms with Crippen molar-refractivity contribution in [2.45, 2.75) is 32.2 Å². The molecule has 1 aliphatic rings. The van der Waals surface area contributed by atoms with E-state index in [0.717, 1.165) is 23.1 Å². The Morgan fingerprint density at radius 2 is 2.47 bits per heavy atom. The number of nitrogens with zero attached hydrogens (tertiary/aromatic N) is 2. The zero-order chi connectivity index (χ0) is 11.8. The zero-order valence-electron chi connectivity index (χ0n) is 9.91. The molecule has 1 saturated heterocycles. The van der Waals surface area contributed by atoms with Gasteiger partial charge in [0.15, 0.2) is 0 Å². The van der Waals surface area contributed by atoms with Crippen LogP contribution >= 0.6 is 15.9 Å². The van der Waals surface area contributed by atoms with Crippen molar-refractivity contribution in [1.29, 1.82) is 0 Å². The zero-order valence-corrected chi connectivity index (χ0v) is 11.5. The van der Waals surface area contributed by atoms with Gasteiger partial charge in [-0.05, 0) is 38.4 Å². The first-order chi connectivity index (χ1) is 8.24. The highest BCUT2D eigenvalue weighted by molar-refractivity contribution is 9.10. The minimum atomic E-state index is 0.613. The van der Waals surface area contributed by atoms with Gasteiger partial charge in [0.1, 0.15) is 5.65 Å². The predicted octanol–water partition coefficient (Wildman–Crippen LogP) is 2.70. The van der Waals surface area contributed by atoms with Crippen LogP contribution in [-0.4, -0.2) is 22.0 Å². The molecule has 0 spiro atoms. The number of rotatable bonds is 2. The molecule has 1 aliphatic heterocycles. The summed E-state index contributed by atoms with van der Waals surface area (Å²) in [7, 11) is 0. The summed E-state index contributed by atoms with van der Waals surface area (Å²) < 4.78 is 3.25. The Morgan fingerprint density at radius 1 is 1.59 bits per heavy atom. The molecule has 3 nitrogen and oxygen atoms in total. The molecule has 1 unspecified atom stereocenters. The van der Waals surface area contributed by atoms with Crippen LogP contribution in [0.15, 0.2) is 22.8 Å². The van der Waals surface area contributed by atoms with Crippen molar-refractivity contribution in [3.05, 3.63) is 34.2 Å². The maximum absolute atomic E-state index is 4.73. The number of fused-ring (bicyclic) bond motifs is 1. The molecule has 0 aliphatic carbocycles. The van der Waals surface area contributed by atoms with E-state index in [1.165, 1.54) is 24.2 Å². The van der Waals surface area contributed by atoms with Gasteiger partial charge in [0.2, 0.25) is 0 Å². The lowest BCUT2D eigenvalue weighted by Gasteiger charge is -2.07. The molecule has 17 heavy (non-hydrogen) atoms. The molecule has 1 fully saturated rings. The molecule has 0 bridgehead atoms. The molecule has 0 radical (unpaired) electrons. The van der Waals surface area contributed by atoms with Crippen molar-refractivity contribution >= 4 is 21.6 Å². The van der Waals surface area contributed by atoms with E-state index in [0.29, 0.717) is 6.04 Å². The molecule has 0 amide bonds. The number of nitrogens with one attached hydrogen (secondary N) is 1. The fraction of sp³-hybridized carbons (Fsp3) is 0.462. The van der Waals surface area contributed by atoms with Crippen molar-refractivity contribution in [1.82, 2.24) is 14.7 Å². The van der Waals surface area contributed by atoms with Crippen molar-refractivity contribution in [3.8, 4) is 0 Å². The second kappa shape index (κ2) is 4.42. The Morgan fingerprint density at radius 3 is 3.24 bits per heavy atom. The van der Waals surface area contributed by atoms with Gasteiger partial charge in [0.05, 0.1) is 5.69 Å². The smallest absolute Gasteiger partial charge is 0.138 e. The van der Waals surface area contributed by atoms with Gasteiger partial charge in [-0.2, -0.15) is 0 Å². The maximum Gasteiger partial charge on any atom is 0.138 e. The molecule has 90 valence electrons. The number of hydrogen-bond donors (Lipinski definition) is 1. The van der Waals surface area contributed by atoms with Crippen LogP contribution in [0.25, 0.3) is 5.65 Å². The van der Waals surface area contributed by atoms with E-state index in [9.17, 15) is 0 Å². The summed E-state index contributed by atoms with van der Waals surface area (Å²) in [6.45, 7) is 3.31. The maximum atomic E-state index is 4.73. The summed E-state index contributed by atoms with van der Waals surface area (Å²) in [5.41, 5.74) is 3.52. The summed E-state index contributed by atoms with van der Waals surface area (Å²) in [4.78, 5) is 4.73. The van der Waals surface area contributed by atoms with Gasteiger partial charge in [-0.3, -0.25) is 0 Å². The molecule has 0 aromatic carbocycles. The Balaban J connectivity index is 1.96. The standard InChI is InChI=1S/C13H16BrN3/c1-9-12(8-11-3-2-5-15-11)16-13-7-10(14)4-6-17(9)13/h4,6-7,11,15H,2-3,5,8H2,1H3. The van der Waals surface area contributed by atoms with Crippen LogP contribution in [0.2, 0.25) is 0 Å². The van der Waals surface area contributed by atoms with E-state index in [1.54, 1.807) is 0 Å². The Kier molecular flexibility index (Phi) is 2.92. The van der Waals surface area contributed by atoms with Crippen molar-refractivity contribution in [2.75, 3.05) is 6.54 Å². The molecule has 1 atom stereocenters. The molecular weight excluding hydrogens is 278 g/mol. The topological polar surface area (TPSA) is 29.3 Å². The van der Waals surface area contributed by atoms with E-state index < -0.39 is 0 Å². The summed E-state index contributed by atoms with van der Waals surface area (Å²) in [5.74, 6) is 0. The highest BCUT2D eigenvalue weighted by Crippen LogP contribution is 2.19. The second-order valence-electron chi connectivity index (χ2n) is 4.71. The van der Waals surface area contributed by atoms with Crippen LogP contribution < -0.4 is 5.32 Å². The van der Waals surface area contributed by atoms with Crippen LogP contribution in [-0.2, 0) is 6.42 Å². The van der Waals surface area contributed by atoms with E-state index in [2.05, 4.69) is 50.9 Å². The quantitative estimate of drug-likeness (QED) is 0.922. The lowest BCUT2D eigenvalue weighted by atomic mass is 10.1. The summed E-state index contributed by atoms with van der Waals surface area (Å²) >= 11 is 3.49. The van der Waals surface area contributed by atoms with E-state index in [4.69, 9.17) is 4.98 Å². The third kappa shape index (κ3) is 2.11. The second-order valence-corrected chi connectivity index (χ2v) is 5.63. The minimum absolute atomic E-state index is 0.613. The third-order valence-electron chi connectivity index (χ3n) is 3.53. The largest absolute Gasteiger partial charge is 0.314 e. The molecule has 2 aromatic rings. The first kappa shape index (κ1) is 11.2. The van der Waals surface area contributed by atoms with Gasteiger partial charge in [-0.15, -0.1) is 0 Å². The molecule has 2 aromatic heterocycles. The number of aromatic nitrogens is 2. The number of halogens is 1. The number of imidazole rings is 1. The third-order valence-corrected chi connectivity index (χ3v) is 4.02. The van der Waals surface area contributed by atoms with Crippen molar-refractivity contribution in [3.63, 3.8) is 0 Å². The molecule has 1 N–H and O–H groups in total. The molecular formula is C13H16BrN3. The highest BCUT2D eigenvalue weighted by Gasteiger charge is 2.18. The summed E-state index contributed by atoms with van der Waals surface area (Å²) in [6.07, 6.45) is 5.69. The number of hydrogen-bond acceptors (Lipinski definition) is 2. The lowest BCUT2D eigenvalue weighted by molar-refractivity contribution is 0.595. The molecule has 0 saturated carbocycles. The van der Waals surface area contributed by atoms with Crippen LogP contribution in [0.3, 0.4) is 0 Å². The Labute approximate surface area is 109 Å². The summed E-state index contributed by atoms with van der Waals surface area (Å²) in [5, 5.41) is 3.53. The van der Waals surface area contributed by atoms with Gasteiger partial charge in [-0.25, -0.2) is 4.98 Å². The van der Waals surface area contributed by atoms with Crippen LogP contribution in [0.1, 0.15) is 24.2 Å². The molecule has 3 heterocycles. The Bertz CT molecular complexity index is 541. The SMILES string of the molecule is Cc1c(CC2CCCN2)nc2cc(Br)ccn12. The predicted molar refractivity (Wildman–Crippen MR) is 72.4 cm³/mol. The fourth-order valence-corrected chi connectivity index (χ4v) is 2.87. The lowest BCUT2D eigenvalue weighted by Crippen LogP contribution is -2.24. The normalized spacial score (nSPS) is 20.2. The van der Waals surface area contributed by atoms with Gasteiger partial charge < -0.3 is 9.72 Å². The molecule has 4 heteroatoms. The van der Waals surface area contributed by atoms with Crippen LogP contribution in [0, 0.1) is 6.92 Å². The minimum Gasteiger partial charge on any atom is -0.314 e. The van der Waals surface area contributed by atoms with Crippen molar-refractivity contribution in [2.24, 2.45) is 0 Å². The monoisotopic (exact) mass is 293 g/mol. The van der Waals surface area contributed by atoms with Gasteiger partial charge in [-0.1, -0.05) is 15.9 Å². The summed E-state index contributed by atoms with van der Waals surface area (Å²) in [6, 6.07) is 4.74. The number of aryl methyl sites for hydroxylation is 1. The number of pyridine rings is 1. The van der Waals surface area contributed by atoms with E-state index >= 15 is 0 Å². The molecule has 3 rings (SSSR count). The van der Waals surface area contributed by atoms with Gasteiger partial charge in [0.25, 0.3) is 0 Å².